The quantitative estimate of drug-likeness (QED) is 0.172. The summed E-state index contributed by atoms with van der Waals surface area (Å²) >= 11 is 0. The van der Waals surface area contributed by atoms with E-state index < -0.39 is 119 Å². The molecular weight excluding hydrogens is 818 g/mol. The van der Waals surface area contributed by atoms with Crippen molar-refractivity contribution < 1.29 is 72.1 Å². The number of hydrogen-bond acceptors (Lipinski definition) is 16. The molecule has 16 nitrogen and oxygen atoms in total. The zero-order valence-electron chi connectivity index (χ0n) is 35.3. The number of hydrogen-bond donors (Lipinski definition) is 3. The van der Waals surface area contributed by atoms with E-state index in [0.717, 1.165) is 13.8 Å². The third kappa shape index (κ3) is 8.16. The van der Waals surface area contributed by atoms with Crippen molar-refractivity contribution in [2.24, 2.45) is 22.5 Å². The molecule has 0 unspecified atom stereocenters. The number of aliphatic hydroxyl groups is 2. The van der Waals surface area contributed by atoms with E-state index >= 15 is 4.79 Å². The number of esters is 4. The van der Waals surface area contributed by atoms with Crippen LogP contribution in [-0.4, -0.2) is 107 Å². The van der Waals surface area contributed by atoms with Gasteiger partial charge < -0.3 is 49.1 Å². The highest BCUT2D eigenvalue weighted by atomic mass is 35.5. The molecule has 0 aromatic heterocycles. The molecule has 332 valence electrons. The number of carbonyl (C=O) groups is 6. The fourth-order valence-electron chi connectivity index (χ4n) is 9.67. The second kappa shape index (κ2) is 17.5. The van der Waals surface area contributed by atoms with Gasteiger partial charge in [-0.1, -0.05) is 62.4 Å². The van der Waals surface area contributed by atoms with E-state index in [0.29, 0.717) is 5.56 Å². The van der Waals surface area contributed by atoms with Gasteiger partial charge in [0.15, 0.2) is 17.5 Å². The van der Waals surface area contributed by atoms with Crippen molar-refractivity contribution in [1.82, 2.24) is 0 Å². The van der Waals surface area contributed by atoms with Crippen LogP contribution in [0, 0.1) is 16.7 Å². The summed E-state index contributed by atoms with van der Waals surface area (Å²) in [6.45, 7) is 11.1. The highest BCUT2D eigenvalue weighted by Gasteiger charge is 2.78. The maximum Gasteiger partial charge on any atom is 0.509 e. The number of nitrogens with two attached hydrogens (primary N) is 1. The minimum atomic E-state index is -2.39. The Morgan fingerprint density at radius 1 is 0.885 bits per heavy atom. The summed E-state index contributed by atoms with van der Waals surface area (Å²) in [4.78, 5) is 82.9. The van der Waals surface area contributed by atoms with Crippen LogP contribution in [0.3, 0.4) is 0 Å². The van der Waals surface area contributed by atoms with Gasteiger partial charge in [0.2, 0.25) is 6.10 Å². The normalized spacial score (nSPS) is 32.1. The Hall–Kier alpha value is -4.87. The topological polar surface area (TPSA) is 234 Å². The molecule has 6 rings (SSSR count). The van der Waals surface area contributed by atoms with E-state index in [9.17, 15) is 34.2 Å². The van der Waals surface area contributed by atoms with E-state index in [1.54, 1.807) is 76.2 Å². The van der Waals surface area contributed by atoms with Crippen LogP contribution in [0.25, 0.3) is 0 Å². The average Bonchev–Trinajstić information content (AvgIpc) is 3.17. The standard InChI is InChI=1S/C44H53NO15.ClH/c1-22(2)55-40(52)58-34(32(45)26-15-11-9-12-16-26)39(51)57-28-20-44(53)37(59-38(50)27-17-13-10-14-18-27)35-42(8,29(48)19-30-43(35,21-54-30)60-25(5)47)36(49)33(56-24(4)46)31(23(28)3)41(44,6)7;/h9-18,22,28-30,32-35,37,48,53H,19-21,45H2,1-8H3;1H/t28-,29-,30+,32-,33+,34+,35-,37-,42+,43-,44+;/m0./s1. The molecule has 11 atom stereocenters. The SMILES string of the molecule is CC(=O)O[C@H]1C(=O)[C@@]2(C)[C@H]([C@H](OC(=O)c3ccccc3)[C@]3(O)C[C@H](OC(=O)[C@H](OC(=O)OC(C)C)[C@@H](N)c4ccccc4)C(C)=C1C3(C)C)[C@]1(OC(C)=O)CO[C@@H]1C[C@@H]2O.Cl. The Bertz CT molecular complexity index is 2060. The largest absolute Gasteiger partial charge is 0.509 e. The van der Waals surface area contributed by atoms with Crippen LogP contribution in [0.1, 0.15) is 90.2 Å². The number of ketones is 1. The Kier molecular flexibility index (Phi) is 13.5. The van der Waals surface area contributed by atoms with Crippen molar-refractivity contribution in [3.63, 3.8) is 0 Å². The molecule has 0 radical (unpaired) electrons. The van der Waals surface area contributed by atoms with Crippen molar-refractivity contribution in [3.8, 4) is 0 Å². The van der Waals surface area contributed by atoms with Crippen LogP contribution >= 0.6 is 12.4 Å². The highest BCUT2D eigenvalue weighted by molar-refractivity contribution is 5.95. The number of fused-ring (bicyclic) bond motifs is 5. The summed E-state index contributed by atoms with van der Waals surface area (Å²) in [6.07, 6.45) is -12.1. The van der Waals surface area contributed by atoms with Crippen molar-refractivity contribution in [3.05, 3.63) is 82.9 Å². The number of halogens is 1. The number of carbonyl (C=O) groups excluding carboxylic acids is 6. The Labute approximate surface area is 359 Å². The predicted octanol–water partition coefficient (Wildman–Crippen LogP) is 4.26. The lowest BCUT2D eigenvalue weighted by molar-refractivity contribution is -0.346. The molecule has 3 aliphatic carbocycles. The van der Waals surface area contributed by atoms with E-state index in [2.05, 4.69) is 0 Å². The molecule has 17 heteroatoms. The number of Topliss-reactive ketones (excluding diaryl/α,β-unsaturated/α-hetero) is 1. The van der Waals surface area contributed by atoms with Gasteiger partial charge in [-0.2, -0.15) is 0 Å². The first kappa shape index (κ1) is 47.2. The lowest BCUT2D eigenvalue weighted by Crippen LogP contribution is -2.82. The van der Waals surface area contributed by atoms with Crippen LogP contribution in [0.5, 0.6) is 0 Å². The maximum absolute atomic E-state index is 15.5. The first-order chi connectivity index (χ1) is 28.1. The average molecular weight is 872 g/mol. The molecule has 0 spiro atoms. The molecule has 2 saturated carbocycles. The summed E-state index contributed by atoms with van der Waals surface area (Å²) < 4.78 is 41.0. The molecule has 2 aromatic rings. The van der Waals surface area contributed by atoms with Gasteiger partial charge in [-0.05, 0) is 56.5 Å². The molecule has 4 aliphatic rings. The number of benzene rings is 2. The van der Waals surface area contributed by atoms with E-state index in [-0.39, 0.29) is 42.1 Å². The lowest BCUT2D eigenvalue weighted by atomic mass is 9.44. The first-order valence-corrected chi connectivity index (χ1v) is 19.9. The van der Waals surface area contributed by atoms with Gasteiger partial charge in [0.25, 0.3) is 0 Å². The van der Waals surface area contributed by atoms with Crippen LogP contribution < -0.4 is 5.73 Å². The summed E-state index contributed by atoms with van der Waals surface area (Å²) in [5.74, 6) is -6.17. The minimum Gasteiger partial charge on any atom is -0.455 e. The molecule has 4 N–H and O–H groups in total. The molecule has 1 heterocycles. The van der Waals surface area contributed by atoms with Crippen LogP contribution in [0.2, 0.25) is 0 Å². The van der Waals surface area contributed by atoms with Gasteiger partial charge in [-0.25, -0.2) is 14.4 Å². The Balaban J connectivity index is 0.00000704. The highest BCUT2D eigenvalue weighted by Crippen LogP contribution is 2.64. The number of rotatable bonds is 10. The predicted molar refractivity (Wildman–Crippen MR) is 216 cm³/mol. The van der Waals surface area contributed by atoms with E-state index in [1.165, 1.54) is 26.0 Å². The summed E-state index contributed by atoms with van der Waals surface area (Å²) in [7, 11) is 0. The van der Waals surface area contributed by atoms with E-state index in [1.807, 2.05) is 0 Å². The maximum atomic E-state index is 15.5. The van der Waals surface area contributed by atoms with Crippen molar-refractivity contribution in [2.75, 3.05) is 6.61 Å². The third-order valence-corrected chi connectivity index (χ3v) is 12.7. The van der Waals surface area contributed by atoms with Gasteiger partial charge in [-0.15, -0.1) is 12.4 Å². The smallest absolute Gasteiger partial charge is 0.455 e. The molecular formula is C44H54ClNO15. The number of aliphatic hydroxyl groups excluding tert-OH is 1. The molecule has 61 heavy (non-hydrogen) atoms. The van der Waals surface area contributed by atoms with Crippen molar-refractivity contribution in [2.45, 2.75) is 128 Å². The van der Waals surface area contributed by atoms with Gasteiger partial charge in [-0.3, -0.25) is 14.4 Å². The number of ether oxygens (including phenoxy) is 7. The summed E-state index contributed by atoms with van der Waals surface area (Å²) in [5.41, 5.74) is -0.671. The Morgan fingerprint density at radius 2 is 1.49 bits per heavy atom. The summed E-state index contributed by atoms with van der Waals surface area (Å²) in [5, 5.41) is 25.7. The second-order valence-electron chi connectivity index (χ2n) is 17.1. The first-order valence-electron chi connectivity index (χ1n) is 19.9. The van der Waals surface area contributed by atoms with Crippen LogP contribution in [-0.2, 0) is 52.3 Å². The molecule has 0 amide bonds. The molecule has 2 aromatic carbocycles. The van der Waals surface area contributed by atoms with Crippen LogP contribution in [0.4, 0.5) is 4.79 Å². The second-order valence-corrected chi connectivity index (χ2v) is 17.1. The van der Waals surface area contributed by atoms with Crippen molar-refractivity contribution >= 4 is 48.2 Å². The van der Waals surface area contributed by atoms with E-state index in [4.69, 9.17) is 38.9 Å². The fraction of sp³-hybridized carbons (Fsp3) is 0.545. The fourth-order valence-corrected chi connectivity index (χ4v) is 9.67. The third-order valence-electron chi connectivity index (χ3n) is 12.7. The van der Waals surface area contributed by atoms with Gasteiger partial charge in [0.05, 0.1) is 41.8 Å². The monoisotopic (exact) mass is 871 g/mol. The zero-order valence-corrected chi connectivity index (χ0v) is 36.1. The Morgan fingerprint density at radius 3 is 2.03 bits per heavy atom. The molecule has 1 aliphatic heterocycles. The molecule has 3 fully saturated rings. The zero-order chi connectivity index (χ0) is 44.1. The minimum absolute atomic E-state index is 0. The van der Waals surface area contributed by atoms with Gasteiger partial charge >= 0.3 is 30.0 Å². The molecule has 2 bridgehead atoms. The summed E-state index contributed by atoms with van der Waals surface area (Å²) in [6, 6.07) is 14.9. The lowest BCUT2D eigenvalue weighted by Gasteiger charge is -2.67. The van der Waals surface area contributed by atoms with Gasteiger partial charge in [0, 0.05) is 32.1 Å². The van der Waals surface area contributed by atoms with Gasteiger partial charge in [0.1, 0.15) is 23.9 Å². The van der Waals surface area contributed by atoms with Crippen molar-refractivity contribution in [1.29, 1.82) is 0 Å². The van der Waals surface area contributed by atoms with Crippen LogP contribution in [0.15, 0.2) is 71.8 Å². The molecule has 1 saturated heterocycles.